The summed E-state index contributed by atoms with van der Waals surface area (Å²) >= 11 is 0. The van der Waals surface area contributed by atoms with Gasteiger partial charge in [0.15, 0.2) is 11.5 Å². The van der Waals surface area contributed by atoms with E-state index in [0.717, 1.165) is 24.5 Å². The van der Waals surface area contributed by atoms with Crippen LogP contribution in [0.3, 0.4) is 0 Å². The van der Waals surface area contributed by atoms with Gasteiger partial charge in [0.25, 0.3) is 6.43 Å². The predicted octanol–water partition coefficient (Wildman–Crippen LogP) is 4.56. The molecule has 1 amide bonds. The second kappa shape index (κ2) is 8.83. The largest absolute Gasteiger partial charge is 0.489 e. The van der Waals surface area contributed by atoms with Gasteiger partial charge < -0.3 is 19.7 Å². The molecule has 1 saturated carbocycles. The first-order valence-corrected chi connectivity index (χ1v) is 12.1. The maximum atomic E-state index is 14.6. The fraction of sp³-hybridized carbons (Fsp3) is 0.423. The Bertz CT molecular complexity index is 1360. The molecule has 0 atom stereocenters. The van der Waals surface area contributed by atoms with Gasteiger partial charge >= 0.3 is 0 Å². The zero-order valence-corrected chi connectivity index (χ0v) is 19.7. The van der Waals surface area contributed by atoms with Gasteiger partial charge in [0.1, 0.15) is 23.6 Å². The predicted molar refractivity (Wildman–Crippen MR) is 126 cm³/mol. The van der Waals surface area contributed by atoms with Crippen molar-refractivity contribution in [3.63, 3.8) is 0 Å². The Morgan fingerprint density at radius 3 is 2.83 bits per heavy atom. The van der Waals surface area contributed by atoms with Crippen LogP contribution in [0.5, 0.6) is 11.5 Å². The van der Waals surface area contributed by atoms with Crippen molar-refractivity contribution in [3.8, 4) is 11.5 Å². The van der Waals surface area contributed by atoms with Crippen LogP contribution >= 0.6 is 0 Å². The van der Waals surface area contributed by atoms with Crippen LogP contribution in [0.25, 0.3) is 10.9 Å². The quantitative estimate of drug-likeness (QED) is 0.515. The molecule has 10 heteroatoms. The summed E-state index contributed by atoms with van der Waals surface area (Å²) in [6, 6.07) is 5.77. The summed E-state index contributed by atoms with van der Waals surface area (Å²) in [6.45, 7) is 3.31. The zero-order chi connectivity index (χ0) is 25.0. The number of likely N-dealkylation sites (tertiary alicyclic amines) is 1. The maximum absolute atomic E-state index is 14.6. The molecular weight excluding hydrogens is 473 g/mol. The average Bonchev–Trinajstić information content (AvgIpc) is 3.56. The van der Waals surface area contributed by atoms with Crippen molar-refractivity contribution in [1.29, 1.82) is 0 Å². The van der Waals surface area contributed by atoms with Gasteiger partial charge in [-0.3, -0.25) is 4.79 Å². The molecule has 36 heavy (non-hydrogen) atoms. The number of carbonyl (C=O) groups excluding carboxylic acids is 1. The number of hydrogen-bond acceptors (Lipinski definition) is 6. The monoisotopic (exact) mass is 498 g/mol. The lowest BCUT2D eigenvalue weighted by atomic mass is 10.1. The molecule has 3 aromatic rings. The number of anilines is 1. The summed E-state index contributed by atoms with van der Waals surface area (Å²) in [6.07, 6.45) is -0.429. The highest BCUT2D eigenvalue weighted by atomic mass is 19.3. The molecule has 0 spiro atoms. The molecule has 1 aromatic heterocycles. The van der Waals surface area contributed by atoms with E-state index >= 15 is 0 Å². The van der Waals surface area contributed by atoms with Crippen LogP contribution < -0.4 is 14.8 Å². The summed E-state index contributed by atoms with van der Waals surface area (Å²) in [5.74, 6) is 1.63. The standard InChI is InChI=1S/C26H25F3N4O3/c1-13-31-22-18-7-8-35-23(18)20(36-16-11-33(12-16)26(34)14-5-6-14)9-19(22)25(32-13)30-10-15-3-2-4-17(21(15)27)24(28)29/h2-4,9,14,16,24H,5-8,10-12H2,1H3,(H,30,31,32). The van der Waals surface area contributed by atoms with Crippen LogP contribution in [0.15, 0.2) is 24.3 Å². The van der Waals surface area contributed by atoms with Crippen LogP contribution in [0.1, 0.15) is 41.8 Å². The first kappa shape index (κ1) is 22.9. The Hall–Kier alpha value is -3.56. The van der Waals surface area contributed by atoms with E-state index in [1.165, 1.54) is 12.1 Å². The number of carbonyl (C=O) groups is 1. The minimum absolute atomic E-state index is 0.0252. The number of fused-ring (bicyclic) bond motifs is 3. The van der Waals surface area contributed by atoms with Crippen LogP contribution in [0.4, 0.5) is 19.0 Å². The van der Waals surface area contributed by atoms with Crippen LogP contribution in [0.2, 0.25) is 0 Å². The normalized spacial score (nSPS) is 17.2. The molecule has 2 fully saturated rings. The van der Waals surface area contributed by atoms with Crippen molar-refractivity contribution < 1.29 is 27.4 Å². The lowest BCUT2D eigenvalue weighted by molar-refractivity contribution is -0.141. The van der Waals surface area contributed by atoms with Gasteiger partial charge in [-0.2, -0.15) is 0 Å². The molecule has 7 nitrogen and oxygen atoms in total. The van der Waals surface area contributed by atoms with Gasteiger partial charge in [0, 0.05) is 35.4 Å². The van der Waals surface area contributed by atoms with E-state index in [4.69, 9.17) is 9.47 Å². The van der Waals surface area contributed by atoms with E-state index < -0.39 is 17.8 Å². The van der Waals surface area contributed by atoms with Crippen molar-refractivity contribution in [2.75, 3.05) is 25.0 Å². The van der Waals surface area contributed by atoms with Gasteiger partial charge in [0.2, 0.25) is 5.91 Å². The number of alkyl halides is 2. The van der Waals surface area contributed by atoms with E-state index in [1.807, 2.05) is 4.90 Å². The van der Waals surface area contributed by atoms with Crippen molar-refractivity contribution in [2.24, 2.45) is 5.92 Å². The van der Waals surface area contributed by atoms with E-state index in [2.05, 4.69) is 15.3 Å². The zero-order valence-electron chi connectivity index (χ0n) is 19.7. The molecule has 0 unspecified atom stereocenters. The minimum Gasteiger partial charge on any atom is -0.489 e. The number of aromatic nitrogens is 2. The lowest BCUT2D eigenvalue weighted by Crippen LogP contribution is -2.56. The molecular formula is C26H25F3N4O3. The molecule has 3 heterocycles. The van der Waals surface area contributed by atoms with Crippen LogP contribution in [-0.2, 0) is 17.8 Å². The third-order valence-electron chi connectivity index (χ3n) is 6.88. The van der Waals surface area contributed by atoms with Crippen molar-refractivity contribution in [2.45, 2.75) is 45.3 Å². The second-order valence-electron chi connectivity index (χ2n) is 9.53. The highest BCUT2D eigenvalue weighted by molar-refractivity contribution is 5.95. The maximum Gasteiger partial charge on any atom is 0.266 e. The Labute approximate surface area is 205 Å². The summed E-state index contributed by atoms with van der Waals surface area (Å²) < 4.78 is 53.0. The first-order chi connectivity index (χ1) is 17.4. The van der Waals surface area contributed by atoms with Crippen molar-refractivity contribution in [1.82, 2.24) is 14.9 Å². The Morgan fingerprint density at radius 2 is 2.08 bits per heavy atom. The van der Waals surface area contributed by atoms with Crippen LogP contribution in [-0.4, -0.2) is 46.6 Å². The highest BCUT2D eigenvalue weighted by Crippen LogP contribution is 2.43. The van der Waals surface area contributed by atoms with E-state index in [1.54, 1.807) is 13.0 Å². The molecule has 2 aliphatic heterocycles. The molecule has 1 aliphatic carbocycles. The first-order valence-electron chi connectivity index (χ1n) is 12.1. The molecule has 188 valence electrons. The number of rotatable bonds is 7. The van der Waals surface area contributed by atoms with Gasteiger partial charge in [-0.1, -0.05) is 18.2 Å². The van der Waals surface area contributed by atoms with Gasteiger partial charge in [0.05, 0.1) is 30.8 Å². The molecule has 6 rings (SSSR count). The van der Waals surface area contributed by atoms with Gasteiger partial charge in [-0.15, -0.1) is 0 Å². The Balaban J connectivity index is 1.29. The summed E-state index contributed by atoms with van der Waals surface area (Å²) in [5.41, 5.74) is 1.12. The van der Waals surface area contributed by atoms with E-state index in [-0.39, 0.29) is 30.0 Å². The second-order valence-corrected chi connectivity index (χ2v) is 9.53. The number of benzene rings is 2. The van der Waals surface area contributed by atoms with Crippen LogP contribution in [0, 0.1) is 18.7 Å². The van der Waals surface area contributed by atoms with Gasteiger partial charge in [-0.25, -0.2) is 23.1 Å². The number of aryl methyl sites for hydroxylation is 1. The lowest BCUT2D eigenvalue weighted by Gasteiger charge is -2.39. The average molecular weight is 499 g/mol. The Kier molecular flexibility index (Phi) is 5.61. The number of hydrogen-bond donors (Lipinski definition) is 1. The third-order valence-corrected chi connectivity index (χ3v) is 6.88. The number of halogens is 3. The summed E-state index contributed by atoms with van der Waals surface area (Å²) in [7, 11) is 0. The molecule has 3 aliphatic rings. The molecule has 0 radical (unpaired) electrons. The fourth-order valence-electron chi connectivity index (χ4n) is 4.81. The van der Waals surface area contributed by atoms with E-state index in [0.29, 0.717) is 60.2 Å². The molecule has 1 saturated heterocycles. The SMILES string of the molecule is Cc1nc(NCc2cccc(C(F)F)c2F)c2cc(OC3CN(C(=O)C4CC4)C3)c3c(c2n1)CCO3. The Morgan fingerprint density at radius 1 is 1.28 bits per heavy atom. The highest BCUT2D eigenvalue weighted by Gasteiger charge is 2.40. The smallest absolute Gasteiger partial charge is 0.266 e. The molecule has 2 aromatic carbocycles. The minimum atomic E-state index is -2.89. The van der Waals surface area contributed by atoms with Crippen molar-refractivity contribution in [3.05, 3.63) is 52.6 Å². The van der Waals surface area contributed by atoms with E-state index in [9.17, 15) is 18.0 Å². The number of nitrogens with zero attached hydrogens (tertiary/aromatic N) is 3. The molecule has 0 bridgehead atoms. The van der Waals surface area contributed by atoms with Gasteiger partial charge in [-0.05, 0) is 25.8 Å². The summed E-state index contributed by atoms with van der Waals surface area (Å²) in [4.78, 5) is 23.2. The fourth-order valence-corrected chi connectivity index (χ4v) is 4.81. The molecule has 1 N–H and O–H groups in total. The third kappa shape index (κ3) is 4.08. The topological polar surface area (TPSA) is 76.6 Å². The van der Waals surface area contributed by atoms with Crippen molar-refractivity contribution >= 4 is 22.6 Å². The number of ether oxygens (including phenoxy) is 2. The summed E-state index contributed by atoms with van der Waals surface area (Å²) in [5, 5.41) is 3.78. The number of amides is 1. The number of nitrogens with one attached hydrogen (secondary N) is 1.